The first-order valence-electron chi connectivity index (χ1n) is 4.36. The fourth-order valence-electron chi connectivity index (χ4n) is 1.38. The van der Waals surface area contributed by atoms with Crippen molar-refractivity contribution in [1.82, 2.24) is 0 Å². The van der Waals surface area contributed by atoms with Gasteiger partial charge in [-0.3, -0.25) is 4.79 Å². The lowest BCUT2D eigenvalue weighted by molar-refractivity contribution is -0.160. The fourth-order valence-corrected chi connectivity index (χ4v) is 1.38. The first-order valence-corrected chi connectivity index (χ1v) is 4.36. The molecule has 1 saturated heterocycles. The van der Waals surface area contributed by atoms with Gasteiger partial charge in [-0.15, -0.1) is 0 Å². The summed E-state index contributed by atoms with van der Waals surface area (Å²) in [5, 5.41) is 0. The van der Waals surface area contributed by atoms with Crippen LogP contribution in [-0.2, 0) is 19.1 Å². The summed E-state index contributed by atoms with van der Waals surface area (Å²) in [7, 11) is 0. The van der Waals surface area contributed by atoms with Crippen LogP contribution in [0.15, 0.2) is 0 Å². The van der Waals surface area contributed by atoms with Gasteiger partial charge in [-0.2, -0.15) is 0 Å². The Balaban J connectivity index is 2.65. The molecule has 1 rings (SSSR count). The summed E-state index contributed by atoms with van der Waals surface area (Å²) < 4.78 is 9.71. The largest absolute Gasteiger partial charge is 0.462 e. The number of cyclic esters (lactones) is 1. The van der Waals surface area contributed by atoms with Crippen LogP contribution in [0, 0.1) is 11.8 Å². The molecule has 4 heteroatoms. The number of rotatable bonds is 2. The van der Waals surface area contributed by atoms with Gasteiger partial charge in [0, 0.05) is 12.8 Å². The topological polar surface area (TPSA) is 52.6 Å². The highest BCUT2D eigenvalue weighted by atomic mass is 16.6. The van der Waals surface area contributed by atoms with Crippen LogP contribution >= 0.6 is 0 Å². The zero-order valence-corrected chi connectivity index (χ0v) is 8.07. The van der Waals surface area contributed by atoms with Gasteiger partial charge in [-0.25, -0.2) is 4.79 Å². The summed E-state index contributed by atoms with van der Waals surface area (Å²) in [4.78, 5) is 21.8. The Bertz CT molecular complexity index is 222. The van der Waals surface area contributed by atoms with Crippen molar-refractivity contribution in [3.05, 3.63) is 0 Å². The highest BCUT2D eigenvalue weighted by Gasteiger charge is 2.41. The fraction of sp³-hybridized carbons (Fsp3) is 0.778. The van der Waals surface area contributed by atoms with Crippen molar-refractivity contribution in [2.75, 3.05) is 6.61 Å². The minimum absolute atomic E-state index is 0.00333. The molecular formula is C9H14O4. The SMILES string of the molecule is CC(=O)OC1C(=O)OCC1C(C)C. The minimum atomic E-state index is -0.697. The molecule has 1 aliphatic rings. The number of hydrogen-bond donors (Lipinski definition) is 0. The second kappa shape index (κ2) is 3.77. The molecule has 2 atom stereocenters. The van der Waals surface area contributed by atoms with Crippen LogP contribution in [0.1, 0.15) is 20.8 Å². The number of hydrogen-bond acceptors (Lipinski definition) is 4. The lowest BCUT2D eigenvalue weighted by atomic mass is 9.93. The molecule has 0 radical (unpaired) electrons. The van der Waals surface area contributed by atoms with Crippen molar-refractivity contribution in [2.45, 2.75) is 26.9 Å². The first kappa shape index (κ1) is 10.0. The number of esters is 2. The van der Waals surface area contributed by atoms with Gasteiger partial charge >= 0.3 is 11.9 Å². The maximum absolute atomic E-state index is 11.1. The van der Waals surface area contributed by atoms with E-state index < -0.39 is 18.0 Å². The molecule has 0 saturated carbocycles. The molecule has 1 fully saturated rings. The number of carbonyl (C=O) groups is 2. The number of ether oxygens (including phenoxy) is 2. The van der Waals surface area contributed by atoms with Crippen molar-refractivity contribution in [2.24, 2.45) is 11.8 Å². The molecule has 0 aromatic rings. The molecule has 0 aliphatic carbocycles. The van der Waals surface area contributed by atoms with Crippen LogP contribution in [0.25, 0.3) is 0 Å². The average molecular weight is 186 g/mol. The second-order valence-electron chi connectivity index (χ2n) is 3.57. The Kier molecular flexibility index (Phi) is 2.90. The Morgan fingerprint density at radius 1 is 1.62 bits per heavy atom. The van der Waals surface area contributed by atoms with Crippen LogP contribution in [0.3, 0.4) is 0 Å². The Morgan fingerprint density at radius 2 is 2.23 bits per heavy atom. The molecule has 13 heavy (non-hydrogen) atoms. The van der Waals surface area contributed by atoms with E-state index in [2.05, 4.69) is 0 Å². The van der Waals surface area contributed by atoms with Gasteiger partial charge in [0.2, 0.25) is 6.10 Å². The van der Waals surface area contributed by atoms with Crippen molar-refractivity contribution in [1.29, 1.82) is 0 Å². The van der Waals surface area contributed by atoms with Gasteiger partial charge in [-0.1, -0.05) is 13.8 Å². The van der Waals surface area contributed by atoms with E-state index in [4.69, 9.17) is 9.47 Å². The van der Waals surface area contributed by atoms with E-state index in [9.17, 15) is 9.59 Å². The molecule has 0 aromatic heterocycles. The van der Waals surface area contributed by atoms with Gasteiger partial charge in [0.1, 0.15) is 0 Å². The van der Waals surface area contributed by atoms with E-state index >= 15 is 0 Å². The third-order valence-corrected chi connectivity index (χ3v) is 2.19. The highest BCUT2D eigenvalue weighted by molar-refractivity contribution is 5.80. The predicted molar refractivity (Wildman–Crippen MR) is 44.8 cm³/mol. The summed E-state index contributed by atoms with van der Waals surface area (Å²) in [6, 6.07) is 0. The van der Waals surface area contributed by atoms with E-state index in [-0.39, 0.29) is 11.8 Å². The average Bonchev–Trinajstić information content (AvgIpc) is 2.32. The molecule has 4 nitrogen and oxygen atoms in total. The monoisotopic (exact) mass is 186 g/mol. The van der Waals surface area contributed by atoms with Crippen LogP contribution in [-0.4, -0.2) is 24.6 Å². The quantitative estimate of drug-likeness (QED) is 0.597. The molecular weight excluding hydrogens is 172 g/mol. The highest BCUT2D eigenvalue weighted by Crippen LogP contribution is 2.25. The lowest BCUT2D eigenvalue weighted by Gasteiger charge is -2.17. The predicted octanol–water partition coefficient (Wildman–Crippen LogP) is 0.747. The van der Waals surface area contributed by atoms with Crippen molar-refractivity contribution in [3.8, 4) is 0 Å². The summed E-state index contributed by atoms with van der Waals surface area (Å²) in [5.41, 5.74) is 0. The Morgan fingerprint density at radius 3 is 2.69 bits per heavy atom. The van der Waals surface area contributed by atoms with Crippen molar-refractivity contribution >= 4 is 11.9 Å². The van der Waals surface area contributed by atoms with Crippen LogP contribution in [0.5, 0.6) is 0 Å². The second-order valence-corrected chi connectivity index (χ2v) is 3.57. The smallest absolute Gasteiger partial charge is 0.347 e. The normalized spacial score (nSPS) is 27.5. The molecule has 0 bridgehead atoms. The zero-order chi connectivity index (χ0) is 10.0. The first-order chi connectivity index (χ1) is 6.02. The molecule has 0 N–H and O–H groups in total. The number of carbonyl (C=O) groups excluding carboxylic acids is 2. The summed E-state index contributed by atoms with van der Waals surface area (Å²) in [5.74, 6) is -0.587. The molecule has 0 aromatic carbocycles. The Hall–Kier alpha value is -1.06. The molecule has 1 aliphatic heterocycles. The zero-order valence-electron chi connectivity index (χ0n) is 8.07. The van der Waals surface area contributed by atoms with Gasteiger partial charge in [-0.05, 0) is 5.92 Å². The van der Waals surface area contributed by atoms with Gasteiger partial charge < -0.3 is 9.47 Å². The maximum atomic E-state index is 11.1. The van der Waals surface area contributed by atoms with Crippen LogP contribution in [0.2, 0.25) is 0 Å². The molecule has 1 heterocycles. The molecule has 74 valence electrons. The van der Waals surface area contributed by atoms with E-state index in [0.717, 1.165) is 0 Å². The molecule has 0 amide bonds. The lowest BCUT2D eigenvalue weighted by Crippen LogP contribution is -2.30. The summed E-state index contributed by atoms with van der Waals surface area (Å²) in [6.45, 7) is 5.60. The standard InChI is InChI=1S/C9H14O4/c1-5(2)7-4-12-9(11)8(7)13-6(3)10/h5,7-8H,4H2,1-3H3. The molecule has 0 spiro atoms. The third kappa shape index (κ3) is 2.20. The molecule has 2 unspecified atom stereocenters. The van der Waals surface area contributed by atoms with Gasteiger partial charge in [0.15, 0.2) is 0 Å². The van der Waals surface area contributed by atoms with Crippen LogP contribution in [0.4, 0.5) is 0 Å². The van der Waals surface area contributed by atoms with E-state index in [1.807, 2.05) is 13.8 Å². The van der Waals surface area contributed by atoms with Crippen molar-refractivity contribution < 1.29 is 19.1 Å². The van der Waals surface area contributed by atoms with E-state index in [0.29, 0.717) is 6.61 Å². The summed E-state index contributed by atoms with van der Waals surface area (Å²) >= 11 is 0. The summed E-state index contributed by atoms with van der Waals surface area (Å²) in [6.07, 6.45) is -0.697. The van der Waals surface area contributed by atoms with E-state index in [1.165, 1.54) is 6.92 Å². The van der Waals surface area contributed by atoms with Crippen molar-refractivity contribution in [3.63, 3.8) is 0 Å². The third-order valence-electron chi connectivity index (χ3n) is 2.19. The van der Waals surface area contributed by atoms with Crippen LogP contribution < -0.4 is 0 Å². The van der Waals surface area contributed by atoms with Gasteiger partial charge in [0.25, 0.3) is 0 Å². The Labute approximate surface area is 77.2 Å². The van der Waals surface area contributed by atoms with E-state index in [1.54, 1.807) is 0 Å². The maximum Gasteiger partial charge on any atom is 0.347 e. The van der Waals surface area contributed by atoms with Gasteiger partial charge in [0.05, 0.1) is 6.61 Å². The minimum Gasteiger partial charge on any atom is -0.462 e.